The Labute approximate surface area is 67.6 Å². The number of aromatic nitrogens is 1. The minimum Gasteiger partial charge on any atom is -0.480 e. The Morgan fingerprint density at radius 3 is 2.83 bits per heavy atom. The number of methoxy groups -OCH3 is 1. The number of ether oxygens (including phenoxy) is 1. The maximum Gasteiger partial charge on any atom is 0.341 e. The fraction of sp³-hybridized carbons (Fsp3) is 0.143. The van der Waals surface area contributed by atoms with E-state index in [0.29, 0.717) is 0 Å². The molecule has 1 aromatic rings. The van der Waals surface area contributed by atoms with Crippen molar-refractivity contribution < 1.29 is 19.0 Å². The molecule has 0 spiro atoms. The van der Waals surface area contributed by atoms with Crippen molar-refractivity contribution in [1.82, 2.24) is 4.98 Å². The Morgan fingerprint density at radius 2 is 2.33 bits per heavy atom. The van der Waals surface area contributed by atoms with Crippen LogP contribution in [0.4, 0.5) is 4.39 Å². The fourth-order valence-electron chi connectivity index (χ4n) is 0.736. The second-order valence-corrected chi connectivity index (χ2v) is 2.00. The standard InChI is InChI=1S/C7H6FNO3/c1-12-6-4(7(10)11)2-3-5(8)9-6/h2-3H,1H3,(H,10,11). The van der Waals surface area contributed by atoms with E-state index in [9.17, 15) is 9.18 Å². The molecule has 1 N–H and O–H groups in total. The van der Waals surface area contributed by atoms with Crippen molar-refractivity contribution in [3.63, 3.8) is 0 Å². The van der Waals surface area contributed by atoms with E-state index in [0.717, 1.165) is 12.1 Å². The van der Waals surface area contributed by atoms with Crippen LogP contribution in [-0.2, 0) is 0 Å². The lowest BCUT2D eigenvalue weighted by Crippen LogP contribution is -2.03. The number of carboxylic acids is 1. The van der Waals surface area contributed by atoms with E-state index >= 15 is 0 Å². The van der Waals surface area contributed by atoms with Crippen molar-refractivity contribution in [3.8, 4) is 5.88 Å². The quantitative estimate of drug-likeness (QED) is 0.672. The zero-order valence-corrected chi connectivity index (χ0v) is 6.24. The van der Waals surface area contributed by atoms with E-state index in [4.69, 9.17) is 5.11 Å². The SMILES string of the molecule is COc1nc(F)ccc1C(=O)O. The van der Waals surface area contributed by atoms with Gasteiger partial charge in [-0.3, -0.25) is 0 Å². The third-order valence-electron chi connectivity index (χ3n) is 1.25. The molecule has 0 aliphatic carbocycles. The Morgan fingerprint density at radius 1 is 1.67 bits per heavy atom. The molecule has 0 amide bonds. The molecule has 0 fully saturated rings. The van der Waals surface area contributed by atoms with Gasteiger partial charge in [-0.25, -0.2) is 4.79 Å². The summed E-state index contributed by atoms with van der Waals surface area (Å²) in [6.45, 7) is 0. The summed E-state index contributed by atoms with van der Waals surface area (Å²) in [5.74, 6) is -2.18. The molecular weight excluding hydrogens is 165 g/mol. The molecule has 0 unspecified atom stereocenters. The average molecular weight is 171 g/mol. The van der Waals surface area contributed by atoms with Gasteiger partial charge in [-0.15, -0.1) is 0 Å². The number of nitrogens with zero attached hydrogens (tertiary/aromatic N) is 1. The van der Waals surface area contributed by atoms with Gasteiger partial charge in [0.25, 0.3) is 0 Å². The van der Waals surface area contributed by atoms with Crippen LogP contribution in [0.3, 0.4) is 0 Å². The van der Waals surface area contributed by atoms with Crippen molar-refractivity contribution in [2.24, 2.45) is 0 Å². The number of carboxylic acid groups (broad SMARTS) is 1. The molecule has 0 aromatic carbocycles. The maximum absolute atomic E-state index is 12.4. The summed E-state index contributed by atoms with van der Waals surface area (Å²) in [6.07, 6.45) is 0. The van der Waals surface area contributed by atoms with Gasteiger partial charge in [0, 0.05) is 0 Å². The van der Waals surface area contributed by atoms with Crippen molar-refractivity contribution in [3.05, 3.63) is 23.6 Å². The molecule has 1 rings (SSSR count). The molecule has 64 valence electrons. The molecule has 0 aliphatic heterocycles. The van der Waals surface area contributed by atoms with Gasteiger partial charge < -0.3 is 9.84 Å². The van der Waals surface area contributed by atoms with Crippen LogP contribution in [0.1, 0.15) is 10.4 Å². The van der Waals surface area contributed by atoms with Crippen LogP contribution >= 0.6 is 0 Å². The molecule has 1 aromatic heterocycles. The molecule has 0 saturated carbocycles. The first kappa shape index (κ1) is 8.45. The summed E-state index contributed by atoms with van der Waals surface area (Å²) in [4.78, 5) is 13.7. The van der Waals surface area contributed by atoms with Crippen LogP contribution in [0.25, 0.3) is 0 Å². The molecule has 5 heteroatoms. The normalized spacial score (nSPS) is 9.50. The van der Waals surface area contributed by atoms with Crippen LogP contribution < -0.4 is 4.74 Å². The van der Waals surface area contributed by atoms with Gasteiger partial charge in [0.05, 0.1) is 7.11 Å². The maximum atomic E-state index is 12.4. The zero-order valence-electron chi connectivity index (χ0n) is 6.24. The summed E-state index contributed by atoms with van der Waals surface area (Å²) < 4.78 is 17.0. The second-order valence-electron chi connectivity index (χ2n) is 2.00. The van der Waals surface area contributed by atoms with Crippen LogP contribution in [0, 0.1) is 5.95 Å². The van der Waals surface area contributed by atoms with Gasteiger partial charge in [-0.05, 0) is 12.1 Å². The van der Waals surface area contributed by atoms with Gasteiger partial charge in [-0.2, -0.15) is 9.37 Å². The van der Waals surface area contributed by atoms with Gasteiger partial charge in [0.15, 0.2) is 0 Å². The van der Waals surface area contributed by atoms with Crippen LogP contribution in [0.2, 0.25) is 0 Å². The first-order valence-corrected chi connectivity index (χ1v) is 3.09. The Bertz CT molecular complexity index is 314. The van der Waals surface area contributed by atoms with E-state index in [1.807, 2.05) is 0 Å². The van der Waals surface area contributed by atoms with E-state index in [1.165, 1.54) is 7.11 Å². The van der Waals surface area contributed by atoms with E-state index < -0.39 is 11.9 Å². The predicted octanol–water partition coefficient (Wildman–Crippen LogP) is 0.927. The van der Waals surface area contributed by atoms with Crippen molar-refractivity contribution in [2.75, 3.05) is 7.11 Å². The summed E-state index contributed by atoms with van der Waals surface area (Å²) in [5.41, 5.74) is -0.154. The highest BCUT2D eigenvalue weighted by Gasteiger charge is 2.12. The minimum atomic E-state index is -1.20. The zero-order chi connectivity index (χ0) is 9.14. The van der Waals surface area contributed by atoms with Crippen molar-refractivity contribution in [2.45, 2.75) is 0 Å². The number of pyridine rings is 1. The predicted molar refractivity (Wildman–Crippen MR) is 37.7 cm³/mol. The first-order valence-electron chi connectivity index (χ1n) is 3.09. The van der Waals surface area contributed by atoms with Gasteiger partial charge in [0.1, 0.15) is 5.56 Å². The highest BCUT2D eigenvalue weighted by atomic mass is 19.1. The number of rotatable bonds is 2. The van der Waals surface area contributed by atoms with Crippen LogP contribution in [-0.4, -0.2) is 23.2 Å². The van der Waals surface area contributed by atoms with Crippen LogP contribution in [0.15, 0.2) is 12.1 Å². The molecule has 4 nitrogen and oxygen atoms in total. The summed E-state index contributed by atoms with van der Waals surface area (Å²) >= 11 is 0. The molecule has 0 saturated heterocycles. The average Bonchev–Trinajstić information content (AvgIpc) is 2.03. The first-order chi connectivity index (χ1) is 5.65. The number of hydrogen-bond acceptors (Lipinski definition) is 3. The highest BCUT2D eigenvalue weighted by Crippen LogP contribution is 2.14. The molecule has 12 heavy (non-hydrogen) atoms. The fourth-order valence-corrected chi connectivity index (χ4v) is 0.736. The topological polar surface area (TPSA) is 59.4 Å². The second kappa shape index (κ2) is 3.17. The number of carbonyl (C=O) groups is 1. The lowest BCUT2D eigenvalue weighted by molar-refractivity contribution is 0.0692. The number of hydrogen-bond donors (Lipinski definition) is 1. The van der Waals surface area contributed by atoms with E-state index in [-0.39, 0.29) is 11.4 Å². The number of aromatic carboxylic acids is 1. The van der Waals surface area contributed by atoms with E-state index in [2.05, 4.69) is 9.72 Å². The molecule has 0 radical (unpaired) electrons. The molecule has 1 heterocycles. The summed E-state index contributed by atoms with van der Waals surface area (Å²) in [6, 6.07) is 2.06. The van der Waals surface area contributed by atoms with Crippen LogP contribution in [0.5, 0.6) is 5.88 Å². The van der Waals surface area contributed by atoms with Crippen molar-refractivity contribution in [1.29, 1.82) is 0 Å². The monoisotopic (exact) mass is 171 g/mol. The molecule has 0 bridgehead atoms. The van der Waals surface area contributed by atoms with Gasteiger partial charge in [-0.1, -0.05) is 0 Å². The molecular formula is C7H6FNO3. The summed E-state index contributed by atoms with van der Waals surface area (Å²) in [7, 11) is 1.23. The highest BCUT2D eigenvalue weighted by molar-refractivity contribution is 5.90. The minimum absolute atomic E-state index is 0.154. The lowest BCUT2D eigenvalue weighted by atomic mass is 10.3. The number of halogens is 1. The smallest absolute Gasteiger partial charge is 0.341 e. The van der Waals surface area contributed by atoms with Gasteiger partial charge >= 0.3 is 5.97 Å². The molecule has 0 atom stereocenters. The molecule has 0 aliphatic rings. The third-order valence-corrected chi connectivity index (χ3v) is 1.25. The van der Waals surface area contributed by atoms with E-state index in [1.54, 1.807) is 0 Å². The third kappa shape index (κ3) is 1.50. The largest absolute Gasteiger partial charge is 0.480 e. The Kier molecular flexibility index (Phi) is 2.23. The summed E-state index contributed by atoms with van der Waals surface area (Å²) in [5, 5.41) is 8.55. The Balaban J connectivity index is 3.20. The van der Waals surface area contributed by atoms with Gasteiger partial charge in [0.2, 0.25) is 11.8 Å². The van der Waals surface area contributed by atoms with Crippen molar-refractivity contribution >= 4 is 5.97 Å². The Hall–Kier alpha value is -1.65. The lowest BCUT2D eigenvalue weighted by Gasteiger charge is -2.01.